The molecule has 0 aliphatic rings. The quantitative estimate of drug-likeness (QED) is 0.925. The van der Waals surface area contributed by atoms with E-state index in [0.717, 1.165) is 21.3 Å². The number of halogens is 1. The van der Waals surface area contributed by atoms with Gasteiger partial charge in [-0.1, -0.05) is 40.2 Å². The third kappa shape index (κ3) is 3.59. The van der Waals surface area contributed by atoms with Crippen LogP contribution in [-0.2, 0) is 6.61 Å². The van der Waals surface area contributed by atoms with E-state index in [1.165, 1.54) is 0 Å². The Morgan fingerprint density at radius 1 is 1.17 bits per heavy atom. The molecule has 0 saturated heterocycles. The van der Waals surface area contributed by atoms with Gasteiger partial charge >= 0.3 is 0 Å². The van der Waals surface area contributed by atoms with Crippen molar-refractivity contribution in [2.24, 2.45) is 5.73 Å². The Morgan fingerprint density at radius 2 is 1.89 bits per heavy atom. The minimum absolute atomic E-state index is 0.0289. The molecule has 0 aromatic heterocycles. The molecule has 2 aromatic carbocycles. The van der Waals surface area contributed by atoms with E-state index in [2.05, 4.69) is 15.9 Å². The Hall–Kier alpha value is -1.32. The molecule has 1 unspecified atom stereocenters. The Bertz CT molecular complexity index is 508. The number of nitrogens with two attached hydrogens (primary N) is 1. The lowest BCUT2D eigenvalue weighted by atomic mass is 10.1. The molecule has 2 rings (SSSR count). The zero-order chi connectivity index (χ0) is 13.0. The summed E-state index contributed by atoms with van der Waals surface area (Å²) >= 11 is 3.41. The third-order valence-electron chi connectivity index (χ3n) is 2.70. The van der Waals surface area contributed by atoms with E-state index in [4.69, 9.17) is 10.5 Å². The fourth-order valence-corrected chi connectivity index (χ4v) is 1.90. The van der Waals surface area contributed by atoms with Crippen LogP contribution < -0.4 is 10.5 Å². The minimum atomic E-state index is 0.0289. The fourth-order valence-electron chi connectivity index (χ4n) is 1.63. The van der Waals surface area contributed by atoms with Crippen molar-refractivity contribution >= 4 is 15.9 Å². The molecular formula is C15H16BrNO. The van der Waals surface area contributed by atoms with E-state index < -0.39 is 0 Å². The molecule has 3 heteroatoms. The summed E-state index contributed by atoms with van der Waals surface area (Å²) in [5, 5.41) is 0. The molecule has 1 atom stereocenters. The predicted molar refractivity (Wildman–Crippen MR) is 77.5 cm³/mol. The highest BCUT2D eigenvalue weighted by Crippen LogP contribution is 2.19. The molecule has 0 radical (unpaired) electrons. The molecule has 2 nitrogen and oxygen atoms in total. The Kier molecular flexibility index (Phi) is 4.39. The Morgan fingerprint density at radius 3 is 2.56 bits per heavy atom. The molecule has 0 spiro atoms. The molecule has 94 valence electrons. The van der Waals surface area contributed by atoms with Gasteiger partial charge in [0.1, 0.15) is 12.4 Å². The summed E-state index contributed by atoms with van der Waals surface area (Å²) in [6.07, 6.45) is 0. The second-order valence-corrected chi connectivity index (χ2v) is 5.19. The second-order valence-electron chi connectivity index (χ2n) is 4.28. The summed E-state index contributed by atoms with van der Waals surface area (Å²) in [6, 6.07) is 16.1. The molecule has 0 saturated carbocycles. The van der Waals surface area contributed by atoms with Gasteiger partial charge in [-0.3, -0.25) is 0 Å². The van der Waals surface area contributed by atoms with Crippen molar-refractivity contribution in [2.75, 3.05) is 0 Å². The normalized spacial score (nSPS) is 12.2. The lowest BCUT2D eigenvalue weighted by molar-refractivity contribution is 0.306. The van der Waals surface area contributed by atoms with Crippen LogP contribution in [0.15, 0.2) is 53.0 Å². The van der Waals surface area contributed by atoms with Gasteiger partial charge in [0, 0.05) is 10.5 Å². The van der Waals surface area contributed by atoms with Gasteiger partial charge in [-0.05, 0) is 42.3 Å². The lowest BCUT2D eigenvalue weighted by Gasteiger charge is -2.10. The topological polar surface area (TPSA) is 35.2 Å². The fraction of sp³-hybridized carbons (Fsp3) is 0.200. The highest BCUT2D eigenvalue weighted by Gasteiger charge is 2.01. The van der Waals surface area contributed by atoms with Crippen molar-refractivity contribution in [1.82, 2.24) is 0 Å². The maximum atomic E-state index is 5.85. The van der Waals surface area contributed by atoms with E-state index in [9.17, 15) is 0 Å². The van der Waals surface area contributed by atoms with Crippen molar-refractivity contribution in [3.8, 4) is 5.75 Å². The van der Waals surface area contributed by atoms with Crippen LogP contribution in [0.4, 0.5) is 0 Å². The maximum absolute atomic E-state index is 5.85. The van der Waals surface area contributed by atoms with Crippen molar-refractivity contribution in [3.63, 3.8) is 0 Å². The monoisotopic (exact) mass is 305 g/mol. The number of hydrogen-bond donors (Lipinski definition) is 1. The summed E-state index contributed by atoms with van der Waals surface area (Å²) < 4.78 is 6.83. The van der Waals surface area contributed by atoms with Crippen LogP contribution in [0.5, 0.6) is 5.75 Å². The van der Waals surface area contributed by atoms with E-state index in [-0.39, 0.29) is 6.04 Å². The summed E-state index contributed by atoms with van der Waals surface area (Å²) in [4.78, 5) is 0. The van der Waals surface area contributed by atoms with Crippen molar-refractivity contribution < 1.29 is 4.74 Å². The Balaban J connectivity index is 2.01. The second kappa shape index (κ2) is 6.03. The van der Waals surface area contributed by atoms with Crippen LogP contribution in [0.25, 0.3) is 0 Å². The first-order chi connectivity index (χ1) is 8.65. The van der Waals surface area contributed by atoms with Gasteiger partial charge in [-0.2, -0.15) is 0 Å². The van der Waals surface area contributed by atoms with E-state index in [1.54, 1.807) is 0 Å². The largest absolute Gasteiger partial charge is 0.489 e. The highest BCUT2D eigenvalue weighted by atomic mass is 79.9. The van der Waals surface area contributed by atoms with Gasteiger partial charge in [-0.25, -0.2) is 0 Å². The van der Waals surface area contributed by atoms with Crippen LogP contribution in [0.2, 0.25) is 0 Å². The average Bonchev–Trinajstić information content (AvgIpc) is 2.38. The Labute approximate surface area is 116 Å². The molecule has 0 amide bonds. The lowest BCUT2D eigenvalue weighted by Crippen LogP contribution is -2.05. The number of ether oxygens (including phenoxy) is 1. The summed E-state index contributed by atoms with van der Waals surface area (Å²) in [5.41, 5.74) is 8.08. The third-order valence-corrected chi connectivity index (χ3v) is 3.23. The zero-order valence-electron chi connectivity index (χ0n) is 10.3. The molecule has 0 bridgehead atoms. The van der Waals surface area contributed by atoms with Crippen LogP contribution in [-0.4, -0.2) is 0 Å². The van der Waals surface area contributed by atoms with Gasteiger partial charge in [0.15, 0.2) is 0 Å². The van der Waals surface area contributed by atoms with E-state index in [0.29, 0.717) is 6.61 Å². The molecule has 2 N–H and O–H groups in total. The SMILES string of the molecule is CC(N)c1cccc(OCc2ccc(Br)cc2)c1. The van der Waals surface area contributed by atoms with Gasteiger partial charge < -0.3 is 10.5 Å². The first-order valence-corrected chi connectivity index (χ1v) is 6.67. The van der Waals surface area contributed by atoms with Gasteiger partial charge in [-0.15, -0.1) is 0 Å². The first kappa shape index (κ1) is 13.1. The van der Waals surface area contributed by atoms with E-state index in [1.807, 2.05) is 55.5 Å². The van der Waals surface area contributed by atoms with Gasteiger partial charge in [0.2, 0.25) is 0 Å². The first-order valence-electron chi connectivity index (χ1n) is 5.88. The van der Waals surface area contributed by atoms with Crippen LogP contribution in [0, 0.1) is 0 Å². The number of rotatable bonds is 4. The standard InChI is InChI=1S/C15H16BrNO/c1-11(17)13-3-2-4-15(9-13)18-10-12-5-7-14(16)8-6-12/h2-9,11H,10,17H2,1H3. The molecule has 0 fully saturated rings. The van der Waals surface area contributed by atoms with Crippen molar-refractivity contribution in [1.29, 1.82) is 0 Å². The molecule has 0 aliphatic heterocycles. The highest BCUT2D eigenvalue weighted by molar-refractivity contribution is 9.10. The summed E-state index contributed by atoms with van der Waals surface area (Å²) in [6.45, 7) is 2.53. The maximum Gasteiger partial charge on any atom is 0.120 e. The number of hydrogen-bond acceptors (Lipinski definition) is 2. The van der Waals surface area contributed by atoms with Crippen LogP contribution >= 0.6 is 15.9 Å². The minimum Gasteiger partial charge on any atom is -0.489 e. The smallest absolute Gasteiger partial charge is 0.120 e. The van der Waals surface area contributed by atoms with Gasteiger partial charge in [0.05, 0.1) is 0 Å². The molecule has 2 aromatic rings. The summed E-state index contributed by atoms with van der Waals surface area (Å²) in [7, 11) is 0. The zero-order valence-corrected chi connectivity index (χ0v) is 11.9. The number of benzene rings is 2. The molecular weight excluding hydrogens is 290 g/mol. The molecule has 18 heavy (non-hydrogen) atoms. The molecule has 0 aliphatic carbocycles. The van der Waals surface area contributed by atoms with Crippen LogP contribution in [0.1, 0.15) is 24.1 Å². The van der Waals surface area contributed by atoms with Crippen molar-refractivity contribution in [2.45, 2.75) is 19.6 Å². The van der Waals surface area contributed by atoms with Crippen molar-refractivity contribution in [3.05, 3.63) is 64.1 Å². The van der Waals surface area contributed by atoms with Crippen LogP contribution in [0.3, 0.4) is 0 Å². The van der Waals surface area contributed by atoms with E-state index >= 15 is 0 Å². The average molecular weight is 306 g/mol. The summed E-state index contributed by atoms with van der Waals surface area (Å²) in [5.74, 6) is 0.854. The molecule has 0 heterocycles. The predicted octanol–water partition coefficient (Wildman–Crippen LogP) is 4.05. The van der Waals surface area contributed by atoms with Gasteiger partial charge in [0.25, 0.3) is 0 Å².